The van der Waals surface area contributed by atoms with Gasteiger partial charge in [0, 0.05) is 24.7 Å². The SMILES string of the molecule is CCC(C)(C(CCCC(C)C)NN)N1CCOCC1. The summed E-state index contributed by atoms with van der Waals surface area (Å²) in [4.78, 5) is 2.55. The largest absolute Gasteiger partial charge is 0.379 e. The van der Waals surface area contributed by atoms with Crippen LogP contribution in [0.1, 0.15) is 53.4 Å². The zero-order valence-electron chi connectivity index (χ0n) is 13.2. The van der Waals surface area contributed by atoms with E-state index in [9.17, 15) is 0 Å². The van der Waals surface area contributed by atoms with Crippen molar-refractivity contribution in [3.05, 3.63) is 0 Å². The smallest absolute Gasteiger partial charge is 0.0594 e. The fourth-order valence-electron chi connectivity index (χ4n) is 3.07. The second kappa shape index (κ2) is 8.20. The van der Waals surface area contributed by atoms with Gasteiger partial charge in [-0.05, 0) is 25.7 Å². The lowest BCUT2D eigenvalue weighted by Gasteiger charge is -2.47. The van der Waals surface area contributed by atoms with E-state index in [1.54, 1.807) is 0 Å². The molecule has 2 atom stereocenters. The first kappa shape index (κ1) is 16.9. The van der Waals surface area contributed by atoms with Crippen molar-refractivity contribution >= 4 is 0 Å². The minimum absolute atomic E-state index is 0.134. The first-order chi connectivity index (χ1) is 9.04. The molecule has 0 saturated carbocycles. The van der Waals surface area contributed by atoms with Crippen LogP contribution in [-0.2, 0) is 4.74 Å². The van der Waals surface area contributed by atoms with E-state index in [0.717, 1.165) is 45.1 Å². The van der Waals surface area contributed by atoms with Gasteiger partial charge in [-0.2, -0.15) is 0 Å². The third-order valence-electron chi connectivity index (χ3n) is 4.68. The molecule has 0 aromatic heterocycles. The van der Waals surface area contributed by atoms with Gasteiger partial charge in [-0.25, -0.2) is 0 Å². The number of morpholine rings is 1. The second-order valence-electron chi connectivity index (χ2n) is 6.35. The van der Waals surface area contributed by atoms with Crippen LogP contribution in [0.3, 0.4) is 0 Å². The number of nitrogens with one attached hydrogen (secondary N) is 1. The van der Waals surface area contributed by atoms with Gasteiger partial charge in [0.25, 0.3) is 0 Å². The Labute approximate surface area is 119 Å². The lowest BCUT2D eigenvalue weighted by molar-refractivity contribution is -0.0338. The Bertz CT molecular complexity index is 242. The van der Waals surface area contributed by atoms with Gasteiger partial charge in [0.2, 0.25) is 0 Å². The monoisotopic (exact) mass is 271 g/mol. The molecule has 0 aromatic rings. The van der Waals surface area contributed by atoms with Crippen LogP contribution in [0, 0.1) is 5.92 Å². The number of hydrogen-bond acceptors (Lipinski definition) is 4. The molecule has 1 rings (SSSR count). The van der Waals surface area contributed by atoms with E-state index in [-0.39, 0.29) is 5.54 Å². The second-order valence-corrected chi connectivity index (χ2v) is 6.35. The van der Waals surface area contributed by atoms with Crippen LogP contribution in [0.15, 0.2) is 0 Å². The number of nitrogens with two attached hydrogens (primary N) is 1. The van der Waals surface area contributed by atoms with Gasteiger partial charge < -0.3 is 4.74 Å². The van der Waals surface area contributed by atoms with Gasteiger partial charge in [-0.3, -0.25) is 16.2 Å². The van der Waals surface area contributed by atoms with Crippen LogP contribution < -0.4 is 11.3 Å². The molecule has 1 heterocycles. The summed E-state index contributed by atoms with van der Waals surface area (Å²) in [5.74, 6) is 6.62. The van der Waals surface area contributed by atoms with Crippen LogP contribution >= 0.6 is 0 Å². The first-order valence-electron chi connectivity index (χ1n) is 7.83. The van der Waals surface area contributed by atoms with E-state index >= 15 is 0 Å². The lowest BCUT2D eigenvalue weighted by Crippen LogP contribution is -2.63. The van der Waals surface area contributed by atoms with E-state index in [1.165, 1.54) is 12.8 Å². The van der Waals surface area contributed by atoms with Crippen LogP contribution in [0.2, 0.25) is 0 Å². The number of ether oxygens (including phenoxy) is 1. The van der Waals surface area contributed by atoms with Crippen LogP contribution in [0.4, 0.5) is 0 Å². The molecule has 1 saturated heterocycles. The summed E-state index contributed by atoms with van der Waals surface area (Å²) in [7, 11) is 0. The van der Waals surface area contributed by atoms with Crippen molar-refractivity contribution < 1.29 is 4.74 Å². The van der Waals surface area contributed by atoms with Crippen LogP contribution in [-0.4, -0.2) is 42.8 Å². The van der Waals surface area contributed by atoms with Crippen molar-refractivity contribution in [1.82, 2.24) is 10.3 Å². The Morgan fingerprint density at radius 3 is 2.37 bits per heavy atom. The predicted octanol–water partition coefficient (Wildman–Crippen LogP) is 2.15. The highest BCUT2D eigenvalue weighted by molar-refractivity contribution is 4.96. The Morgan fingerprint density at radius 1 is 1.26 bits per heavy atom. The standard InChI is InChI=1S/C15H33N3O/c1-5-15(4,18-9-11-19-12-10-18)14(17-16)8-6-7-13(2)3/h13-14,17H,5-12,16H2,1-4H3. The minimum Gasteiger partial charge on any atom is -0.379 e. The topological polar surface area (TPSA) is 50.5 Å². The molecule has 1 aliphatic heterocycles. The minimum atomic E-state index is 0.134. The molecule has 0 radical (unpaired) electrons. The van der Waals surface area contributed by atoms with Crippen molar-refractivity contribution in [2.45, 2.75) is 65.0 Å². The summed E-state index contributed by atoms with van der Waals surface area (Å²) >= 11 is 0. The van der Waals surface area contributed by atoms with Crippen molar-refractivity contribution in [3.63, 3.8) is 0 Å². The van der Waals surface area contributed by atoms with Gasteiger partial charge in [-0.15, -0.1) is 0 Å². The van der Waals surface area contributed by atoms with E-state index in [4.69, 9.17) is 10.6 Å². The van der Waals surface area contributed by atoms with E-state index in [1.807, 2.05) is 0 Å². The molecule has 114 valence electrons. The lowest BCUT2D eigenvalue weighted by atomic mass is 9.83. The molecule has 0 aromatic carbocycles. The number of rotatable bonds is 8. The zero-order valence-corrected chi connectivity index (χ0v) is 13.2. The van der Waals surface area contributed by atoms with Crippen molar-refractivity contribution in [2.75, 3.05) is 26.3 Å². The van der Waals surface area contributed by atoms with E-state index in [0.29, 0.717) is 6.04 Å². The van der Waals surface area contributed by atoms with Gasteiger partial charge in [0.1, 0.15) is 0 Å². The Hall–Kier alpha value is -0.160. The van der Waals surface area contributed by atoms with E-state index in [2.05, 4.69) is 38.0 Å². The average Bonchev–Trinajstić information content (AvgIpc) is 2.43. The summed E-state index contributed by atoms with van der Waals surface area (Å²) < 4.78 is 5.47. The van der Waals surface area contributed by atoms with Gasteiger partial charge in [0.15, 0.2) is 0 Å². The fourth-order valence-corrected chi connectivity index (χ4v) is 3.07. The molecular weight excluding hydrogens is 238 g/mol. The highest BCUT2D eigenvalue weighted by Crippen LogP contribution is 2.27. The molecule has 1 fully saturated rings. The quantitative estimate of drug-likeness (QED) is 0.524. The molecule has 4 nitrogen and oxygen atoms in total. The molecule has 0 spiro atoms. The normalized spacial score (nSPS) is 22.4. The molecule has 4 heteroatoms. The maximum absolute atomic E-state index is 5.85. The number of hydrogen-bond donors (Lipinski definition) is 2. The Morgan fingerprint density at radius 2 is 1.89 bits per heavy atom. The Kier molecular flexibility index (Phi) is 7.29. The third kappa shape index (κ3) is 4.71. The van der Waals surface area contributed by atoms with E-state index < -0.39 is 0 Å². The van der Waals surface area contributed by atoms with Gasteiger partial charge in [-0.1, -0.05) is 33.6 Å². The molecular formula is C15H33N3O. The van der Waals surface area contributed by atoms with Crippen molar-refractivity contribution in [3.8, 4) is 0 Å². The molecule has 3 N–H and O–H groups in total. The average molecular weight is 271 g/mol. The summed E-state index contributed by atoms with van der Waals surface area (Å²) in [6, 6.07) is 0.356. The maximum Gasteiger partial charge on any atom is 0.0594 e. The molecule has 2 unspecified atom stereocenters. The summed E-state index contributed by atoms with van der Waals surface area (Å²) in [6.45, 7) is 12.9. The summed E-state index contributed by atoms with van der Waals surface area (Å²) in [6.07, 6.45) is 4.79. The molecule has 0 bridgehead atoms. The summed E-state index contributed by atoms with van der Waals surface area (Å²) in [5.41, 5.74) is 3.22. The van der Waals surface area contributed by atoms with Crippen LogP contribution in [0.25, 0.3) is 0 Å². The molecule has 1 aliphatic rings. The Balaban J connectivity index is 2.61. The van der Waals surface area contributed by atoms with Gasteiger partial charge >= 0.3 is 0 Å². The van der Waals surface area contributed by atoms with Crippen LogP contribution in [0.5, 0.6) is 0 Å². The van der Waals surface area contributed by atoms with Crippen molar-refractivity contribution in [2.24, 2.45) is 11.8 Å². The first-order valence-corrected chi connectivity index (χ1v) is 7.83. The van der Waals surface area contributed by atoms with Gasteiger partial charge in [0.05, 0.1) is 13.2 Å². The summed E-state index contributed by atoms with van der Waals surface area (Å²) in [5, 5.41) is 0. The number of nitrogens with zero attached hydrogens (tertiary/aromatic N) is 1. The number of hydrazine groups is 1. The molecule has 0 aliphatic carbocycles. The molecule has 19 heavy (non-hydrogen) atoms. The predicted molar refractivity (Wildman–Crippen MR) is 80.9 cm³/mol. The highest BCUT2D eigenvalue weighted by atomic mass is 16.5. The van der Waals surface area contributed by atoms with Crippen molar-refractivity contribution in [1.29, 1.82) is 0 Å². The highest BCUT2D eigenvalue weighted by Gasteiger charge is 2.38. The third-order valence-corrected chi connectivity index (χ3v) is 4.68. The molecule has 0 amide bonds. The maximum atomic E-state index is 5.85. The zero-order chi connectivity index (χ0) is 14.3. The fraction of sp³-hybridized carbons (Fsp3) is 1.00.